The first kappa shape index (κ1) is 13.1. The molecule has 100 valence electrons. The number of hydrazine groups is 1. The van der Waals surface area contributed by atoms with Crippen molar-refractivity contribution in [1.29, 1.82) is 0 Å². The Labute approximate surface area is 109 Å². The number of anilines is 2. The largest absolute Gasteiger partial charge is 0.367 e. The fraction of sp³-hybridized carbons (Fsp3) is 0.692. The molecule has 1 aromatic rings. The van der Waals surface area contributed by atoms with Gasteiger partial charge in [0.05, 0.1) is 0 Å². The Morgan fingerprint density at radius 2 is 1.83 bits per heavy atom. The summed E-state index contributed by atoms with van der Waals surface area (Å²) in [6, 6.07) is 0.544. The van der Waals surface area contributed by atoms with Crippen LogP contribution in [0.5, 0.6) is 0 Å². The van der Waals surface area contributed by atoms with Crippen LogP contribution in [0.3, 0.4) is 0 Å². The summed E-state index contributed by atoms with van der Waals surface area (Å²) in [5.41, 5.74) is 3.66. The van der Waals surface area contributed by atoms with E-state index in [0.29, 0.717) is 6.04 Å². The standard InChI is InChI=1S/C13H23N5/c1-3-11-16-12(9(2)13(17-11)18-14)15-10-7-5-4-6-8-10/h10H,3-8,14H2,1-2H3,(H2,15,16,17,18). The van der Waals surface area contributed by atoms with E-state index in [9.17, 15) is 0 Å². The molecule has 1 aliphatic carbocycles. The molecule has 1 fully saturated rings. The van der Waals surface area contributed by atoms with Crippen LogP contribution < -0.4 is 16.6 Å². The highest BCUT2D eigenvalue weighted by molar-refractivity contribution is 5.57. The first-order valence-electron chi connectivity index (χ1n) is 6.85. The average Bonchev–Trinajstić information content (AvgIpc) is 2.42. The first-order valence-corrected chi connectivity index (χ1v) is 6.85. The highest BCUT2D eigenvalue weighted by Gasteiger charge is 2.16. The fourth-order valence-corrected chi connectivity index (χ4v) is 2.44. The zero-order valence-corrected chi connectivity index (χ0v) is 11.3. The Bertz CT molecular complexity index is 399. The quantitative estimate of drug-likeness (QED) is 0.564. The van der Waals surface area contributed by atoms with E-state index in [1.807, 2.05) is 6.92 Å². The molecule has 0 aromatic carbocycles. The van der Waals surface area contributed by atoms with Crippen LogP contribution in [0.2, 0.25) is 0 Å². The monoisotopic (exact) mass is 249 g/mol. The SMILES string of the molecule is CCc1nc(NN)c(C)c(NC2CCCCC2)n1. The summed E-state index contributed by atoms with van der Waals surface area (Å²) in [5, 5.41) is 3.55. The van der Waals surface area contributed by atoms with Crippen LogP contribution in [-0.4, -0.2) is 16.0 Å². The maximum Gasteiger partial charge on any atom is 0.148 e. The fourth-order valence-electron chi connectivity index (χ4n) is 2.44. The van der Waals surface area contributed by atoms with Gasteiger partial charge in [0.1, 0.15) is 17.5 Å². The van der Waals surface area contributed by atoms with Gasteiger partial charge in [-0.1, -0.05) is 26.2 Å². The second kappa shape index (κ2) is 6.00. The third-order valence-electron chi connectivity index (χ3n) is 3.59. The molecule has 4 N–H and O–H groups in total. The number of nitrogens with one attached hydrogen (secondary N) is 2. The van der Waals surface area contributed by atoms with Crippen molar-refractivity contribution >= 4 is 11.6 Å². The first-order chi connectivity index (χ1) is 8.74. The van der Waals surface area contributed by atoms with E-state index in [2.05, 4.69) is 27.6 Å². The van der Waals surface area contributed by atoms with Gasteiger partial charge < -0.3 is 10.7 Å². The van der Waals surface area contributed by atoms with Gasteiger partial charge in [-0.15, -0.1) is 0 Å². The van der Waals surface area contributed by atoms with Gasteiger partial charge in [-0.05, 0) is 19.8 Å². The molecule has 0 spiro atoms. The number of nitrogens with two attached hydrogens (primary N) is 1. The number of aromatic nitrogens is 2. The minimum Gasteiger partial charge on any atom is -0.367 e. The molecule has 1 aliphatic rings. The number of nitrogen functional groups attached to an aromatic ring is 1. The zero-order valence-electron chi connectivity index (χ0n) is 11.3. The Balaban J connectivity index is 2.19. The molecule has 0 saturated heterocycles. The summed E-state index contributed by atoms with van der Waals surface area (Å²) in [4.78, 5) is 8.95. The topological polar surface area (TPSA) is 75.9 Å². The van der Waals surface area contributed by atoms with Crippen LogP contribution >= 0.6 is 0 Å². The van der Waals surface area contributed by atoms with E-state index in [1.165, 1.54) is 32.1 Å². The van der Waals surface area contributed by atoms with Gasteiger partial charge in [0.2, 0.25) is 0 Å². The summed E-state index contributed by atoms with van der Waals surface area (Å²) in [6.45, 7) is 4.05. The molecule has 0 aliphatic heterocycles. The summed E-state index contributed by atoms with van der Waals surface area (Å²) in [7, 11) is 0. The van der Waals surface area contributed by atoms with Crippen LogP contribution in [0.1, 0.15) is 50.4 Å². The van der Waals surface area contributed by atoms with E-state index in [4.69, 9.17) is 5.84 Å². The lowest BCUT2D eigenvalue weighted by Gasteiger charge is -2.24. The van der Waals surface area contributed by atoms with Crippen LogP contribution in [0.25, 0.3) is 0 Å². The third-order valence-corrected chi connectivity index (χ3v) is 3.59. The van der Waals surface area contributed by atoms with Crippen LogP contribution in [0, 0.1) is 6.92 Å². The lowest BCUT2D eigenvalue weighted by atomic mass is 9.95. The van der Waals surface area contributed by atoms with Gasteiger partial charge in [0, 0.05) is 18.0 Å². The maximum atomic E-state index is 5.51. The second-order valence-corrected chi connectivity index (χ2v) is 4.94. The molecule has 18 heavy (non-hydrogen) atoms. The predicted octanol–water partition coefficient (Wildman–Crippen LogP) is 2.38. The Hall–Kier alpha value is -1.36. The van der Waals surface area contributed by atoms with Crippen molar-refractivity contribution in [3.05, 3.63) is 11.4 Å². The molecule has 2 rings (SSSR count). The number of rotatable bonds is 4. The number of hydrogen-bond donors (Lipinski definition) is 3. The van der Waals surface area contributed by atoms with Gasteiger partial charge in [-0.25, -0.2) is 15.8 Å². The van der Waals surface area contributed by atoms with Crippen molar-refractivity contribution < 1.29 is 0 Å². The minimum absolute atomic E-state index is 0.544. The highest BCUT2D eigenvalue weighted by atomic mass is 15.3. The van der Waals surface area contributed by atoms with Crippen LogP contribution in [-0.2, 0) is 6.42 Å². The minimum atomic E-state index is 0.544. The number of aryl methyl sites for hydroxylation is 1. The molecular weight excluding hydrogens is 226 g/mol. The summed E-state index contributed by atoms with van der Waals surface area (Å²) in [6.07, 6.45) is 7.26. The average molecular weight is 249 g/mol. The van der Waals surface area contributed by atoms with Crippen molar-refractivity contribution in [3.63, 3.8) is 0 Å². The molecule has 1 saturated carbocycles. The van der Waals surface area contributed by atoms with Gasteiger partial charge in [0.15, 0.2) is 0 Å². The van der Waals surface area contributed by atoms with E-state index >= 15 is 0 Å². The van der Waals surface area contributed by atoms with Gasteiger partial charge in [-0.3, -0.25) is 0 Å². The van der Waals surface area contributed by atoms with Crippen LogP contribution in [0.15, 0.2) is 0 Å². The van der Waals surface area contributed by atoms with Crippen molar-refractivity contribution in [1.82, 2.24) is 9.97 Å². The molecule has 0 radical (unpaired) electrons. The van der Waals surface area contributed by atoms with E-state index in [-0.39, 0.29) is 0 Å². The Morgan fingerprint density at radius 1 is 1.17 bits per heavy atom. The van der Waals surface area contributed by atoms with E-state index in [1.54, 1.807) is 0 Å². The van der Waals surface area contributed by atoms with Crippen molar-refractivity contribution in [3.8, 4) is 0 Å². The molecule has 1 heterocycles. The zero-order chi connectivity index (χ0) is 13.0. The molecular formula is C13H23N5. The summed E-state index contributed by atoms with van der Waals surface area (Å²) < 4.78 is 0. The molecule has 0 unspecified atom stereocenters. The smallest absolute Gasteiger partial charge is 0.148 e. The lowest BCUT2D eigenvalue weighted by Crippen LogP contribution is -2.24. The molecule has 5 nitrogen and oxygen atoms in total. The lowest BCUT2D eigenvalue weighted by molar-refractivity contribution is 0.461. The maximum absolute atomic E-state index is 5.51. The van der Waals surface area contributed by atoms with Gasteiger partial charge in [-0.2, -0.15) is 0 Å². The molecule has 0 atom stereocenters. The number of nitrogens with zero attached hydrogens (tertiary/aromatic N) is 2. The molecule has 0 amide bonds. The van der Waals surface area contributed by atoms with Crippen molar-refractivity contribution in [2.24, 2.45) is 5.84 Å². The Morgan fingerprint density at radius 3 is 2.44 bits per heavy atom. The second-order valence-electron chi connectivity index (χ2n) is 4.94. The predicted molar refractivity (Wildman–Crippen MR) is 74.5 cm³/mol. The Kier molecular flexibility index (Phi) is 4.36. The molecule has 5 heteroatoms. The normalized spacial score (nSPS) is 16.6. The van der Waals surface area contributed by atoms with Crippen LogP contribution in [0.4, 0.5) is 11.6 Å². The number of hydrogen-bond acceptors (Lipinski definition) is 5. The van der Waals surface area contributed by atoms with E-state index in [0.717, 1.165) is 29.4 Å². The summed E-state index contributed by atoms with van der Waals surface area (Å²) >= 11 is 0. The third kappa shape index (κ3) is 2.90. The summed E-state index contributed by atoms with van der Waals surface area (Å²) in [5.74, 6) is 7.99. The van der Waals surface area contributed by atoms with Crippen molar-refractivity contribution in [2.45, 2.75) is 58.4 Å². The van der Waals surface area contributed by atoms with Gasteiger partial charge in [0.25, 0.3) is 0 Å². The van der Waals surface area contributed by atoms with Gasteiger partial charge >= 0.3 is 0 Å². The van der Waals surface area contributed by atoms with Crippen molar-refractivity contribution in [2.75, 3.05) is 10.7 Å². The highest BCUT2D eigenvalue weighted by Crippen LogP contribution is 2.25. The molecule has 1 aromatic heterocycles. The molecule has 0 bridgehead atoms. The van der Waals surface area contributed by atoms with E-state index < -0.39 is 0 Å².